The Morgan fingerprint density at radius 1 is 1.03 bits per heavy atom. The Balaban J connectivity index is 1.42. The highest BCUT2D eigenvalue weighted by molar-refractivity contribution is 6.07. The molecule has 8 nitrogen and oxygen atoms in total. The van der Waals surface area contributed by atoms with Gasteiger partial charge in [-0.15, -0.1) is 0 Å². The van der Waals surface area contributed by atoms with Crippen molar-refractivity contribution >= 4 is 29.3 Å². The Morgan fingerprint density at radius 2 is 1.64 bits per heavy atom. The Hall–Kier alpha value is -4.30. The number of nitro benzene ring substituents is 1. The first-order valence-electron chi connectivity index (χ1n) is 10.2. The lowest BCUT2D eigenvalue weighted by molar-refractivity contribution is -0.384. The highest BCUT2D eigenvalue weighted by Crippen LogP contribution is 2.26. The van der Waals surface area contributed by atoms with Crippen molar-refractivity contribution in [2.24, 2.45) is 0 Å². The second-order valence-electron chi connectivity index (χ2n) is 7.47. The number of carbonyl (C=O) groups is 2. The minimum atomic E-state index is -0.517. The average Bonchev–Trinajstić information content (AvgIpc) is 3.23. The molecule has 3 aromatic rings. The Bertz CT molecular complexity index is 1200. The number of hydrogen-bond acceptors (Lipinski definition) is 6. The number of rotatable bonds is 7. The number of cyclic esters (lactones) is 1. The third-order valence-electron chi connectivity index (χ3n) is 5.29. The minimum Gasteiger partial charge on any atom is -0.441 e. The smallest absolute Gasteiger partial charge is 0.414 e. The molecule has 0 aromatic heterocycles. The van der Waals surface area contributed by atoms with Gasteiger partial charge < -0.3 is 9.84 Å². The topological polar surface area (TPSA) is 110 Å². The van der Waals surface area contributed by atoms with Gasteiger partial charge in [-0.2, -0.15) is 0 Å². The summed E-state index contributed by atoms with van der Waals surface area (Å²) in [5.74, 6) is -0.179. The number of aliphatic hydroxyl groups excluding tert-OH is 1. The molecule has 0 spiro atoms. The molecule has 1 saturated heterocycles. The Morgan fingerprint density at radius 3 is 2.18 bits per heavy atom. The Labute approximate surface area is 189 Å². The van der Waals surface area contributed by atoms with Crippen LogP contribution in [0.2, 0.25) is 0 Å². The van der Waals surface area contributed by atoms with E-state index in [-0.39, 0.29) is 18.1 Å². The van der Waals surface area contributed by atoms with Crippen LogP contribution in [0.25, 0.3) is 17.2 Å². The number of nitrogens with zero attached hydrogens (tertiary/aromatic N) is 2. The van der Waals surface area contributed by atoms with Crippen molar-refractivity contribution < 1.29 is 24.4 Å². The zero-order valence-corrected chi connectivity index (χ0v) is 17.5. The van der Waals surface area contributed by atoms with Crippen molar-refractivity contribution in [3.8, 4) is 11.1 Å². The van der Waals surface area contributed by atoms with E-state index in [1.165, 1.54) is 23.1 Å². The maximum Gasteiger partial charge on any atom is 0.414 e. The van der Waals surface area contributed by atoms with Crippen LogP contribution in [-0.4, -0.2) is 41.2 Å². The maximum absolute atomic E-state index is 12.5. The summed E-state index contributed by atoms with van der Waals surface area (Å²) in [5, 5.41) is 19.9. The number of ether oxygens (including phenoxy) is 1. The van der Waals surface area contributed by atoms with Gasteiger partial charge in [0.2, 0.25) is 0 Å². The molecule has 0 radical (unpaired) electrons. The number of carbonyl (C=O) groups excluding carboxylic acids is 2. The molecule has 1 N–H and O–H groups in total. The van der Waals surface area contributed by atoms with Crippen LogP contribution >= 0.6 is 0 Å². The molecule has 1 heterocycles. The SMILES string of the molecule is O=C(/C=C/c1ccc([N+](=O)[O-])cc1)c1ccc(-c2ccc(N3C[C@H](CO)OC3=O)cc2)cc1. The molecule has 0 bridgehead atoms. The molecular formula is C25H20N2O6. The molecule has 4 rings (SSSR count). The fourth-order valence-electron chi connectivity index (χ4n) is 3.46. The zero-order valence-electron chi connectivity index (χ0n) is 17.5. The summed E-state index contributed by atoms with van der Waals surface area (Å²) >= 11 is 0. The van der Waals surface area contributed by atoms with Gasteiger partial charge in [-0.3, -0.25) is 19.8 Å². The quantitative estimate of drug-likeness (QED) is 0.249. The second kappa shape index (κ2) is 9.46. The average molecular weight is 444 g/mol. The van der Waals surface area contributed by atoms with E-state index in [0.29, 0.717) is 23.4 Å². The van der Waals surface area contributed by atoms with Crippen molar-refractivity contribution in [1.82, 2.24) is 0 Å². The van der Waals surface area contributed by atoms with Gasteiger partial charge in [0.1, 0.15) is 6.10 Å². The van der Waals surface area contributed by atoms with Crippen LogP contribution in [0, 0.1) is 10.1 Å². The predicted octanol–water partition coefficient (Wildman–Crippen LogP) is 4.48. The molecule has 1 amide bonds. The molecule has 3 aromatic carbocycles. The zero-order chi connectivity index (χ0) is 23.4. The van der Waals surface area contributed by atoms with Gasteiger partial charge in [-0.25, -0.2) is 4.79 Å². The number of nitro groups is 1. The van der Waals surface area contributed by atoms with E-state index in [2.05, 4.69) is 0 Å². The number of benzene rings is 3. The van der Waals surface area contributed by atoms with E-state index in [9.17, 15) is 19.7 Å². The van der Waals surface area contributed by atoms with E-state index in [1.807, 2.05) is 36.4 Å². The summed E-state index contributed by atoms with van der Waals surface area (Å²) in [6.07, 6.45) is 2.05. The third-order valence-corrected chi connectivity index (χ3v) is 5.29. The summed E-state index contributed by atoms with van der Waals surface area (Å²) < 4.78 is 5.06. The summed E-state index contributed by atoms with van der Waals surface area (Å²) in [5.41, 5.74) is 3.72. The lowest BCUT2D eigenvalue weighted by Crippen LogP contribution is -2.25. The summed E-state index contributed by atoms with van der Waals surface area (Å²) in [7, 11) is 0. The van der Waals surface area contributed by atoms with Crippen molar-refractivity contribution in [2.75, 3.05) is 18.1 Å². The molecule has 1 fully saturated rings. The van der Waals surface area contributed by atoms with Gasteiger partial charge in [0.05, 0.1) is 18.1 Å². The van der Waals surface area contributed by atoms with Crippen LogP contribution in [0.3, 0.4) is 0 Å². The molecule has 1 aliphatic rings. The maximum atomic E-state index is 12.5. The number of ketones is 1. The predicted molar refractivity (Wildman–Crippen MR) is 123 cm³/mol. The fourth-order valence-corrected chi connectivity index (χ4v) is 3.46. The van der Waals surface area contributed by atoms with Crippen molar-refractivity contribution in [2.45, 2.75) is 6.10 Å². The molecule has 0 unspecified atom stereocenters. The van der Waals surface area contributed by atoms with Gasteiger partial charge in [-0.05, 0) is 47.0 Å². The molecule has 1 atom stereocenters. The first-order valence-corrected chi connectivity index (χ1v) is 10.2. The lowest BCUT2D eigenvalue weighted by Gasteiger charge is -2.13. The summed E-state index contributed by atoms with van der Waals surface area (Å²) in [6, 6.07) is 20.5. The molecule has 33 heavy (non-hydrogen) atoms. The van der Waals surface area contributed by atoms with Crippen molar-refractivity contribution in [3.05, 3.63) is 100 Å². The normalized spacial score (nSPS) is 15.6. The van der Waals surface area contributed by atoms with Crippen molar-refractivity contribution in [3.63, 3.8) is 0 Å². The van der Waals surface area contributed by atoms with Crippen LogP contribution in [0.15, 0.2) is 78.9 Å². The molecule has 0 aliphatic carbocycles. The number of amides is 1. The molecule has 0 saturated carbocycles. The van der Waals surface area contributed by atoms with Crippen LogP contribution < -0.4 is 4.90 Å². The van der Waals surface area contributed by atoms with E-state index >= 15 is 0 Å². The molecule has 8 heteroatoms. The number of allylic oxidation sites excluding steroid dienone is 1. The van der Waals surface area contributed by atoms with E-state index in [1.54, 1.807) is 30.3 Å². The standard InChI is InChI=1S/C25H20N2O6/c28-16-23-15-26(25(30)33-23)21-12-8-19(9-13-21)18-4-6-20(7-5-18)24(29)14-3-17-1-10-22(11-2-17)27(31)32/h1-14,23,28H,15-16H2/b14-3+/t23-/m1/s1. The van der Waals surface area contributed by atoms with Crippen molar-refractivity contribution in [1.29, 1.82) is 0 Å². The monoisotopic (exact) mass is 444 g/mol. The third kappa shape index (κ3) is 4.97. The first kappa shape index (κ1) is 21.9. The second-order valence-corrected chi connectivity index (χ2v) is 7.47. The number of aliphatic hydroxyl groups is 1. The van der Waals surface area contributed by atoms with Crippen LogP contribution in [0.4, 0.5) is 16.2 Å². The van der Waals surface area contributed by atoms with E-state index in [0.717, 1.165) is 11.1 Å². The molecule has 1 aliphatic heterocycles. The summed E-state index contributed by atoms with van der Waals surface area (Å²) in [6.45, 7) is 0.0906. The van der Waals surface area contributed by atoms with E-state index in [4.69, 9.17) is 9.84 Å². The molecular weight excluding hydrogens is 424 g/mol. The van der Waals surface area contributed by atoms with Crippen LogP contribution in [-0.2, 0) is 4.74 Å². The number of hydrogen-bond donors (Lipinski definition) is 1. The number of non-ortho nitro benzene ring substituents is 1. The highest BCUT2D eigenvalue weighted by atomic mass is 16.6. The fraction of sp³-hybridized carbons (Fsp3) is 0.120. The van der Waals surface area contributed by atoms with Gasteiger partial charge >= 0.3 is 6.09 Å². The van der Waals surface area contributed by atoms with Gasteiger partial charge in [0, 0.05) is 23.4 Å². The minimum absolute atomic E-state index is 0.00295. The van der Waals surface area contributed by atoms with Gasteiger partial charge in [0.25, 0.3) is 5.69 Å². The summed E-state index contributed by atoms with van der Waals surface area (Å²) in [4.78, 5) is 36.1. The van der Waals surface area contributed by atoms with Crippen LogP contribution in [0.5, 0.6) is 0 Å². The number of anilines is 1. The molecule has 166 valence electrons. The highest BCUT2D eigenvalue weighted by Gasteiger charge is 2.31. The van der Waals surface area contributed by atoms with Crippen LogP contribution in [0.1, 0.15) is 15.9 Å². The Kier molecular flexibility index (Phi) is 6.28. The van der Waals surface area contributed by atoms with E-state index < -0.39 is 17.1 Å². The lowest BCUT2D eigenvalue weighted by atomic mass is 10.0. The van der Waals surface area contributed by atoms with Gasteiger partial charge in [-0.1, -0.05) is 42.5 Å². The largest absolute Gasteiger partial charge is 0.441 e. The first-order chi connectivity index (χ1) is 15.9. The van der Waals surface area contributed by atoms with Gasteiger partial charge in [0.15, 0.2) is 5.78 Å².